The molecule has 21 heavy (non-hydrogen) atoms. The van der Waals surface area contributed by atoms with Gasteiger partial charge in [0.05, 0.1) is 4.88 Å². The number of ether oxygens (including phenoxy) is 1. The van der Waals surface area contributed by atoms with Crippen LogP contribution in [-0.2, 0) is 22.6 Å². The van der Waals surface area contributed by atoms with Gasteiger partial charge in [0.25, 0.3) is 5.89 Å². The lowest BCUT2D eigenvalue weighted by Crippen LogP contribution is -2.05. The summed E-state index contributed by atoms with van der Waals surface area (Å²) in [7, 11) is 0. The lowest BCUT2D eigenvalue weighted by atomic mass is 10.2. The van der Waals surface area contributed by atoms with E-state index >= 15 is 0 Å². The molecular formula is C14H12N2O3S2. The molecule has 0 fully saturated rings. The Bertz CT molecular complexity index is 690. The topological polar surface area (TPSA) is 65.2 Å². The van der Waals surface area contributed by atoms with Crippen molar-refractivity contribution in [2.24, 2.45) is 0 Å². The molecule has 3 rings (SSSR count). The van der Waals surface area contributed by atoms with E-state index in [1.54, 1.807) is 11.3 Å². The van der Waals surface area contributed by atoms with Crippen molar-refractivity contribution in [2.75, 3.05) is 0 Å². The number of nitrogens with zero attached hydrogens (tertiary/aromatic N) is 2. The van der Waals surface area contributed by atoms with E-state index in [-0.39, 0.29) is 12.6 Å². The number of aromatic nitrogens is 2. The van der Waals surface area contributed by atoms with E-state index in [1.165, 1.54) is 11.3 Å². The Kier molecular flexibility index (Phi) is 4.42. The summed E-state index contributed by atoms with van der Waals surface area (Å²) < 4.78 is 10.2. The predicted octanol–water partition coefficient (Wildman–Crippen LogP) is 3.54. The molecule has 0 aliphatic heterocycles. The summed E-state index contributed by atoms with van der Waals surface area (Å²) in [5.74, 6) is 0.564. The van der Waals surface area contributed by atoms with Crippen LogP contribution in [0.1, 0.15) is 17.9 Å². The van der Waals surface area contributed by atoms with E-state index in [9.17, 15) is 4.79 Å². The number of hydrogen-bond acceptors (Lipinski definition) is 7. The highest BCUT2D eigenvalue weighted by Crippen LogP contribution is 2.21. The zero-order chi connectivity index (χ0) is 14.5. The molecule has 5 nitrogen and oxygen atoms in total. The molecule has 0 aromatic carbocycles. The minimum Gasteiger partial charge on any atom is -0.456 e. The highest BCUT2D eigenvalue weighted by Gasteiger charge is 2.11. The number of thiophene rings is 2. The summed E-state index contributed by atoms with van der Waals surface area (Å²) in [6.07, 6.45) is 1.04. The Labute approximate surface area is 129 Å². The molecule has 0 saturated carbocycles. The van der Waals surface area contributed by atoms with Crippen molar-refractivity contribution in [2.45, 2.75) is 19.4 Å². The Morgan fingerprint density at radius 2 is 2.29 bits per heavy atom. The van der Waals surface area contributed by atoms with Gasteiger partial charge in [-0.1, -0.05) is 11.2 Å². The quantitative estimate of drug-likeness (QED) is 0.650. The number of carbonyl (C=O) groups is 1. The third-order valence-electron chi connectivity index (χ3n) is 2.76. The highest BCUT2D eigenvalue weighted by molar-refractivity contribution is 7.13. The second kappa shape index (κ2) is 6.64. The fraction of sp³-hybridized carbons (Fsp3) is 0.214. The zero-order valence-electron chi connectivity index (χ0n) is 11.0. The third kappa shape index (κ3) is 3.77. The molecule has 3 heterocycles. The summed E-state index contributed by atoms with van der Waals surface area (Å²) in [5.41, 5.74) is 1.15. The van der Waals surface area contributed by atoms with E-state index in [0.29, 0.717) is 24.6 Å². The van der Waals surface area contributed by atoms with Crippen LogP contribution in [0.2, 0.25) is 0 Å². The second-order valence-corrected chi connectivity index (χ2v) is 6.01. The molecule has 0 N–H and O–H groups in total. The number of esters is 1. The lowest BCUT2D eigenvalue weighted by molar-refractivity contribution is -0.145. The maximum absolute atomic E-state index is 11.6. The van der Waals surface area contributed by atoms with E-state index in [0.717, 1.165) is 10.4 Å². The number of hydrogen-bond donors (Lipinski definition) is 0. The third-order valence-corrected chi connectivity index (χ3v) is 4.36. The number of carbonyl (C=O) groups excluding carboxylic acids is 1. The van der Waals surface area contributed by atoms with Crippen molar-refractivity contribution in [1.82, 2.24) is 10.1 Å². The molecule has 7 heteroatoms. The first-order valence-corrected chi connectivity index (χ1v) is 8.16. The molecule has 3 aromatic heterocycles. The average Bonchev–Trinajstić information content (AvgIpc) is 3.24. The van der Waals surface area contributed by atoms with Crippen LogP contribution in [-0.4, -0.2) is 16.1 Å². The van der Waals surface area contributed by atoms with Crippen LogP contribution in [0, 0.1) is 0 Å². The zero-order valence-corrected chi connectivity index (χ0v) is 12.7. The van der Waals surface area contributed by atoms with Crippen LogP contribution >= 0.6 is 22.7 Å². The van der Waals surface area contributed by atoms with Crippen LogP contribution in [0.3, 0.4) is 0 Å². The summed E-state index contributed by atoms with van der Waals surface area (Å²) in [6, 6.07) is 5.83. The molecule has 0 spiro atoms. The highest BCUT2D eigenvalue weighted by atomic mass is 32.1. The van der Waals surface area contributed by atoms with Gasteiger partial charge in [0.2, 0.25) is 5.82 Å². The van der Waals surface area contributed by atoms with Crippen LogP contribution in [0.15, 0.2) is 38.9 Å². The standard InChI is InChI=1S/C14H12N2O3S2/c17-13(4-3-10-5-7-20-9-10)18-8-12-15-14(16-19-12)11-2-1-6-21-11/h1-2,5-7,9H,3-4,8H2. The molecule has 0 saturated heterocycles. The van der Waals surface area contributed by atoms with Gasteiger partial charge >= 0.3 is 5.97 Å². The molecule has 108 valence electrons. The molecule has 0 aliphatic rings. The van der Waals surface area contributed by atoms with Gasteiger partial charge in [0, 0.05) is 6.42 Å². The Balaban J connectivity index is 1.47. The molecule has 0 amide bonds. The van der Waals surface area contributed by atoms with Gasteiger partial charge in [-0.25, -0.2) is 0 Å². The maximum atomic E-state index is 11.6. The minimum atomic E-state index is -0.267. The van der Waals surface area contributed by atoms with Crippen molar-refractivity contribution in [3.8, 4) is 10.7 Å². The Hall–Kier alpha value is -1.99. The van der Waals surface area contributed by atoms with E-state index in [1.807, 2.05) is 34.3 Å². The van der Waals surface area contributed by atoms with E-state index in [4.69, 9.17) is 9.26 Å². The molecule has 3 aromatic rings. The van der Waals surface area contributed by atoms with E-state index in [2.05, 4.69) is 10.1 Å². The summed E-state index contributed by atoms with van der Waals surface area (Å²) >= 11 is 3.15. The van der Waals surface area contributed by atoms with Gasteiger partial charge < -0.3 is 9.26 Å². The van der Waals surface area contributed by atoms with Crippen LogP contribution < -0.4 is 0 Å². The SMILES string of the molecule is O=C(CCc1ccsc1)OCc1nc(-c2cccs2)no1. The Morgan fingerprint density at radius 1 is 1.33 bits per heavy atom. The number of rotatable bonds is 6. The van der Waals surface area contributed by atoms with Crippen molar-refractivity contribution >= 4 is 28.6 Å². The lowest BCUT2D eigenvalue weighted by Gasteiger charge is -2.00. The molecule has 0 radical (unpaired) electrons. The molecule has 0 bridgehead atoms. The summed E-state index contributed by atoms with van der Waals surface area (Å²) in [5, 5.41) is 9.82. The van der Waals surface area contributed by atoms with Gasteiger partial charge in [-0.05, 0) is 40.3 Å². The molecule has 0 aliphatic carbocycles. The van der Waals surface area contributed by atoms with Crippen molar-refractivity contribution < 1.29 is 14.1 Å². The van der Waals surface area contributed by atoms with Gasteiger partial charge in [-0.15, -0.1) is 11.3 Å². The van der Waals surface area contributed by atoms with Gasteiger partial charge in [-0.2, -0.15) is 16.3 Å². The van der Waals surface area contributed by atoms with Crippen molar-refractivity contribution in [3.63, 3.8) is 0 Å². The van der Waals surface area contributed by atoms with Crippen molar-refractivity contribution in [1.29, 1.82) is 0 Å². The van der Waals surface area contributed by atoms with Gasteiger partial charge in [-0.3, -0.25) is 4.79 Å². The fourth-order valence-electron chi connectivity index (χ4n) is 1.72. The van der Waals surface area contributed by atoms with Crippen LogP contribution in [0.25, 0.3) is 10.7 Å². The molecule has 0 unspecified atom stereocenters. The summed E-state index contributed by atoms with van der Waals surface area (Å²) in [4.78, 5) is 16.8. The first-order chi connectivity index (χ1) is 10.3. The normalized spacial score (nSPS) is 10.7. The second-order valence-electron chi connectivity index (χ2n) is 4.28. The fourth-order valence-corrected chi connectivity index (χ4v) is 3.07. The average molecular weight is 320 g/mol. The van der Waals surface area contributed by atoms with Crippen molar-refractivity contribution in [3.05, 3.63) is 45.8 Å². The number of aryl methyl sites for hydroxylation is 1. The van der Waals surface area contributed by atoms with Crippen LogP contribution in [0.5, 0.6) is 0 Å². The minimum absolute atomic E-state index is 0.0147. The van der Waals surface area contributed by atoms with Gasteiger partial charge in [0.1, 0.15) is 0 Å². The van der Waals surface area contributed by atoms with Crippen LogP contribution in [0.4, 0.5) is 0 Å². The largest absolute Gasteiger partial charge is 0.456 e. The monoisotopic (exact) mass is 320 g/mol. The predicted molar refractivity (Wildman–Crippen MR) is 80.0 cm³/mol. The Morgan fingerprint density at radius 3 is 3.05 bits per heavy atom. The maximum Gasteiger partial charge on any atom is 0.306 e. The summed E-state index contributed by atoms with van der Waals surface area (Å²) in [6.45, 7) is 0.0147. The first-order valence-electron chi connectivity index (χ1n) is 6.34. The molecular weight excluding hydrogens is 308 g/mol. The first kappa shape index (κ1) is 14.0. The van der Waals surface area contributed by atoms with Gasteiger partial charge in [0.15, 0.2) is 6.61 Å². The smallest absolute Gasteiger partial charge is 0.306 e. The van der Waals surface area contributed by atoms with E-state index < -0.39 is 0 Å². The molecule has 0 atom stereocenters.